The molecule has 25 heavy (non-hydrogen) atoms. The number of halogens is 1. The quantitative estimate of drug-likeness (QED) is 0.575. The molecular formula is C18H14BrN3O3. The van der Waals surface area contributed by atoms with Gasteiger partial charge in [0.25, 0.3) is 11.8 Å². The third kappa shape index (κ3) is 5.79. The number of amides is 2. The molecule has 0 bridgehead atoms. The van der Waals surface area contributed by atoms with E-state index >= 15 is 0 Å². The van der Waals surface area contributed by atoms with Crippen molar-refractivity contribution in [3.63, 3.8) is 0 Å². The Balaban J connectivity index is 1.91. The van der Waals surface area contributed by atoms with Crippen LogP contribution in [0.5, 0.6) is 5.75 Å². The van der Waals surface area contributed by atoms with Crippen LogP contribution in [0.1, 0.15) is 5.56 Å². The van der Waals surface area contributed by atoms with Gasteiger partial charge in [-0.2, -0.15) is 5.26 Å². The zero-order chi connectivity index (χ0) is 18.2. The summed E-state index contributed by atoms with van der Waals surface area (Å²) in [4.78, 5) is 22.9. The summed E-state index contributed by atoms with van der Waals surface area (Å²) in [6.45, 7) is -0.143. The minimum absolute atomic E-state index is 0.137. The molecule has 0 saturated carbocycles. The molecule has 2 amide bonds. The number of nitriles is 1. The normalized spacial score (nSPS) is 10.6. The number of hydrogen-bond acceptors (Lipinski definition) is 4. The van der Waals surface area contributed by atoms with Crippen LogP contribution in [-0.4, -0.2) is 18.4 Å². The summed E-state index contributed by atoms with van der Waals surface area (Å²) in [5, 5.41) is 11.5. The minimum Gasteiger partial charge on any atom is -0.484 e. The lowest BCUT2D eigenvalue weighted by Crippen LogP contribution is -2.20. The Bertz CT molecular complexity index is 837. The van der Waals surface area contributed by atoms with E-state index in [1.165, 1.54) is 6.08 Å². The lowest BCUT2D eigenvalue weighted by Gasteiger charge is -2.08. The maximum Gasteiger partial charge on any atom is 0.262 e. The van der Waals surface area contributed by atoms with Crippen molar-refractivity contribution in [3.05, 3.63) is 64.1 Å². The van der Waals surface area contributed by atoms with Gasteiger partial charge in [-0.1, -0.05) is 28.1 Å². The first-order chi connectivity index (χ1) is 12.0. The van der Waals surface area contributed by atoms with Crippen molar-refractivity contribution >= 4 is 39.5 Å². The molecule has 0 fully saturated rings. The van der Waals surface area contributed by atoms with Gasteiger partial charge in [0.2, 0.25) is 0 Å². The highest BCUT2D eigenvalue weighted by Gasteiger charge is 2.05. The van der Waals surface area contributed by atoms with E-state index in [0.29, 0.717) is 17.0 Å². The van der Waals surface area contributed by atoms with Gasteiger partial charge in [-0.05, 0) is 48.0 Å². The molecule has 0 spiro atoms. The van der Waals surface area contributed by atoms with Crippen LogP contribution in [0.25, 0.3) is 6.08 Å². The van der Waals surface area contributed by atoms with Crippen molar-refractivity contribution < 1.29 is 14.3 Å². The van der Waals surface area contributed by atoms with Crippen LogP contribution in [0.15, 0.2) is 58.6 Å². The predicted octanol–water partition coefficient (Wildman–Crippen LogP) is 2.86. The van der Waals surface area contributed by atoms with Crippen LogP contribution >= 0.6 is 15.9 Å². The second-order valence-electron chi connectivity index (χ2n) is 4.95. The number of benzene rings is 2. The number of primary amides is 1. The first-order valence-electron chi connectivity index (χ1n) is 7.18. The van der Waals surface area contributed by atoms with Gasteiger partial charge in [-0.25, -0.2) is 0 Å². The fourth-order valence-electron chi connectivity index (χ4n) is 1.86. The van der Waals surface area contributed by atoms with Gasteiger partial charge in [0, 0.05) is 10.2 Å². The highest BCUT2D eigenvalue weighted by molar-refractivity contribution is 9.10. The molecule has 7 heteroatoms. The van der Waals surface area contributed by atoms with Crippen LogP contribution in [0.3, 0.4) is 0 Å². The highest BCUT2D eigenvalue weighted by atomic mass is 79.9. The van der Waals surface area contributed by atoms with Crippen LogP contribution in [0, 0.1) is 11.3 Å². The van der Waals surface area contributed by atoms with E-state index in [1.54, 1.807) is 42.5 Å². The molecule has 0 saturated heterocycles. The third-order valence-corrected chi connectivity index (χ3v) is 3.60. The number of nitrogens with zero attached hydrogens (tertiary/aromatic N) is 1. The van der Waals surface area contributed by atoms with Gasteiger partial charge in [0.05, 0.1) is 0 Å². The van der Waals surface area contributed by atoms with Crippen LogP contribution in [0.2, 0.25) is 0 Å². The van der Waals surface area contributed by atoms with Gasteiger partial charge >= 0.3 is 0 Å². The molecule has 0 heterocycles. The Kier molecular flexibility index (Phi) is 6.32. The van der Waals surface area contributed by atoms with Crippen molar-refractivity contribution in [2.24, 2.45) is 5.73 Å². The lowest BCUT2D eigenvalue weighted by atomic mass is 10.1. The van der Waals surface area contributed by atoms with E-state index in [9.17, 15) is 9.59 Å². The van der Waals surface area contributed by atoms with Crippen molar-refractivity contribution in [3.8, 4) is 11.8 Å². The highest BCUT2D eigenvalue weighted by Crippen LogP contribution is 2.16. The number of nitrogens with one attached hydrogen (secondary N) is 1. The van der Waals surface area contributed by atoms with Crippen molar-refractivity contribution in [2.45, 2.75) is 0 Å². The first kappa shape index (κ1) is 18.2. The Hall–Kier alpha value is -3.11. The SMILES string of the molecule is N#C/C(=C\c1ccc(OCC(=O)Nc2ccc(Br)cc2)cc1)C(N)=O. The second-order valence-corrected chi connectivity index (χ2v) is 5.86. The molecule has 0 aromatic heterocycles. The van der Waals surface area contributed by atoms with E-state index in [0.717, 1.165) is 4.47 Å². The zero-order valence-electron chi connectivity index (χ0n) is 13.0. The fourth-order valence-corrected chi connectivity index (χ4v) is 2.13. The van der Waals surface area contributed by atoms with Crippen molar-refractivity contribution in [1.82, 2.24) is 0 Å². The monoisotopic (exact) mass is 399 g/mol. The number of carbonyl (C=O) groups excluding carboxylic acids is 2. The van der Waals surface area contributed by atoms with E-state index in [2.05, 4.69) is 21.2 Å². The Morgan fingerprint density at radius 3 is 2.36 bits per heavy atom. The molecule has 0 aliphatic heterocycles. The predicted molar refractivity (Wildman–Crippen MR) is 97.5 cm³/mol. The molecule has 2 rings (SSSR count). The number of hydrogen-bond donors (Lipinski definition) is 2. The average molecular weight is 400 g/mol. The summed E-state index contributed by atoms with van der Waals surface area (Å²) < 4.78 is 6.32. The first-order valence-corrected chi connectivity index (χ1v) is 7.97. The molecule has 2 aromatic carbocycles. The lowest BCUT2D eigenvalue weighted by molar-refractivity contribution is -0.118. The molecule has 126 valence electrons. The summed E-state index contributed by atoms with van der Waals surface area (Å²) in [5.74, 6) is -0.583. The molecule has 2 aromatic rings. The maximum absolute atomic E-state index is 11.9. The van der Waals surface area contributed by atoms with Crippen LogP contribution in [0.4, 0.5) is 5.69 Å². The minimum atomic E-state index is -0.785. The summed E-state index contributed by atoms with van der Waals surface area (Å²) in [5.41, 5.74) is 6.24. The second kappa shape index (κ2) is 8.66. The topological polar surface area (TPSA) is 105 Å². The molecule has 0 aliphatic carbocycles. The van der Waals surface area contributed by atoms with E-state index in [4.69, 9.17) is 15.7 Å². The number of anilines is 1. The Morgan fingerprint density at radius 1 is 1.16 bits per heavy atom. The molecule has 0 radical (unpaired) electrons. The smallest absolute Gasteiger partial charge is 0.262 e. The third-order valence-electron chi connectivity index (χ3n) is 3.07. The maximum atomic E-state index is 11.9. The van der Waals surface area contributed by atoms with E-state index in [-0.39, 0.29) is 18.1 Å². The molecular weight excluding hydrogens is 386 g/mol. The number of ether oxygens (including phenoxy) is 1. The standard InChI is InChI=1S/C18H14BrN3O3/c19-14-3-5-15(6-4-14)22-17(23)11-25-16-7-1-12(2-8-16)9-13(10-20)18(21)24/h1-9H,11H2,(H2,21,24)(H,22,23)/b13-9+. The molecule has 0 unspecified atom stereocenters. The average Bonchev–Trinajstić information content (AvgIpc) is 2.60. The summed E-state index contributed by atoms with van der Waals surface area (Å²) in [6.07, 6.45) is 1.38. The van der Waals surface area contributed by atoms with Gasteiger partial charge in [0.1, 0.15) is 17.4 Å². The number of nitrogens with two attached hydrogens (primary N) is 1. The fraction of sp³-hybridized carbons (Fsp3) is 0.0556. The molecule has 0 aliphatic rings. The van der Waals surface area contributed by atoms with Gasteiger partial charge in [0.15, 0.2) is 6.61 Å². The van der Waals surface area contributed by atoms with Crippen LogP contribution < -0.4 is 15.8 Å². The number of carbonyl (C=O) groups is 2. The van der Waals surface area contributed by atoms with Crippen LogP contribution in [-0.2, 0) is 9.59 Å². The Morgan fingerprint density at radius 2 is 1.80 bits per heavy atom. The Labute approximate surface area is 153 Å². The van der Waals surface area contributed by atoms with Gasteiger partial charge in [-0.3, -0.25) is 9.59 Å². The number of rotatable bonds is 6. The summed E-state index contributed by atoms with van der Waals surface area (Å²) >= 11 is 3.32. The van der Waals surface area contributed by atoms with Gasteiger partial charge in [-0.15, -0.1) is 0 Å². The zero-order valence-corrected chi connectivity index (χ0v) is 14.6. The summed E-state index contributed by atoms with van der Waals surface area (Å²) in [7, 11) is 0. The van der Waals surface area contributed by atoms with Gasteiger partial charge < -0.3 is 15.8 Å². The molecule has 0 atom stereocenters. The summed E-state index contributed by atoms with van der Waals surface area (Å²) in [6, 6.07) is 15.5. The van der Waals surface area contributed by atoms with E-state index in [1.807, 2.05) is 12.1 Å². The van der Waals surface area contributed by atoms with Crippen molar-refractivity contribution in [1.29, 1.82) is 5.26 Å². The van der Waals surface area contributed by atoms with Crippen molar-refractivity contribution in [2.75, 3.05) is 11.9 Å². The molecule has 6 nitrogen and oxygen atoms in total. The largest absolute Gasteiger partial charge is 0.484 e. The van der Waals surface area contributed by atoms with E-state index < -0.39 is 5.91 Å². The molecule has 3 N–H and O–H groups in total.